The van der Waals surface area contributed by atoms with Crippen LogP contribution in [0.5, 0.6) is 0 Å². The van der Waals surface area contributed by atoms with Crippen molar-refractivity contribution in [2.24, 2.45) is 0 Å². The molecule has 2 aromatic heterocycles. The molecule has 6 heteroatoms. The van der Waals surface area contributed by atoms with Gasteiger partial charge in [-0.3, -0.25) is 0 Å². The molecule has 0 bridgehead atoms. The third-order valence-electron chi connectivity index (χ3n) is 6.19. The van der Waals surface area contributed by atoms with Crippen molar-refractivity contribution in [1.82, 2.24) is 14.8 Å². The van der Waals surface area contributed by atoms with E-state index in [1.165, 1.54) is 28.1 Å². The number of fused-ring (bicyclic) bond motifs is 1. The Kier molecular flexibility index (Phi) is 5.17. The van der Waals surface area contributed by atoms with E-state index in [1.54, 1.807) is 0 Å². The maximum Gasteiger partial charge on any atom is 0.136 e. The first kappa shape index (κ1) is 19.1. The lowest BCUT2D eigenvalue weighted by molar-refractivity contribution is 0.122. The zero-order chi connectivity index (χ0) is 20.5. The minimum absolute atomic E-state index is 0.751. The van der Waals surface area contributed by atoms with Gasteiger partial charge in [0.05, 0.1) is 24.5 Å². The summed E-state index contributed by atoms with van der Waals surface area (Å²) in [7, 11) is 0. The quantitative estimate of drug-likeness (QED) is 0.663. The molecule has 156 valence electrons. The molecule has 0 amide bonds. The number of aryl methyl sites for hydroxylation is 3. The predicted molar refractivity (Wildman–Crippen MR) is 120 cm³/mol. The Labute approximate surface area is 178 Å². The van der Waals surface area contributed by atoms with Gasteiger partial charge in [-0.25, -0.2) is 9.67 Å². The van der Waals surface area contributed by atoms with Crippen molar-refractivity contribution >= 4 is 11.6 Å². The average molecular weight is 404 g/mol. The molecule has 0 unspecified atom stereocenters. The summed E-state index contributed by atoms with van der Waals surface area (Å²) in [6.07, 6.45) is 3.01. The second-order valence-electron chi connectivity index (χ2n) is 8.18. The van der Waals surface area contributed by atoms with Crippen LogP contribution in [0, 0.1) is 13.8 Å². The summed E-state index contributed by atoms with van der Waals surface area (Å²) in [6, 6.07) is 12.9. The van der Waals surface area contributed by atoms with Gasteiger partial charge in [0.15, 0.2) is 0 Å². The molecule has 6 nitrogen and oxygen atoms in total. The molecule has 0 radical (unpaired) electrons. The van der Waals surface area contributed by atoms with Gasteiger partial charge < -0.3 is 14.5 Å². The Hall–Kier alpha value is -2.86. The predicted octanol–water partition coefficient (Wildman–Crippen LogP) is 3.81. The molecule has 0 aliphatic carbocycles. The summed E-state index contributed by atoms with van der Waals surface area (Å²) in [5, 5.41) is 4.93. The smallest absolute Gasteiger partial charge is 0.136 e. The van der Waals surface area contributed by atoms with Crippen LogP contribution in [0.4, 0.5) is 11.6 Å². The van der Waals surface area contributed by atoms with Gasteiger partial charge in [0.2, 0.25) is 0 Å². The maximum atomic E-state index is 5.57. The molecule has 4 heterocycles. The van der Waals surface area contributed by atoms with E-state index in [4.69, 9.17) is 14.8 Å². The van der Waals surface area contributed by atoms with Crippen LogP contribution in [0.25, 0.3) is 11.1 Å². The zero-order valence-corrected chi connectivity index (χ0v) is 17.8. The van der Waals surface area contributed by atoms with E-state index in [1.807, 2.05) is 12.3 Å². The van der Waals surface area contributed by atoms with Gasteiger partial charge in [-0.1, -0.05) is 24.3 Å². The number of anilines is 2. The molecule has 30 heavy (non-hydrogen) atoms. The number of rotatable bonds is 4. The van der Waals surface area contributed by atoms with Crippen molar-refractivity contribution in [3.8, 4) is 11.1 Å². The van der Waals surface area contributed by atoms with E-state index in [0.29, 0.717) is 0 Å². The maximum absolute atomic E-state index is 5.57. The number of morpholine rings is 1. The fourth-order valence-corrected chi connectivity index (χ4v) is 4.65. The van der Waals surface area contributed by atoms with Crippen molar-refractivity contribution in [2.75, 3.05) is 42.6 Å². The minimum Gasteiger partial charge on any atom is -0.378 e. The van der Waals surface area contributed by atoms with Gasteiger partial charge in [0.1, 0.15) is 11.6 Å². The summed E-state index contributed by atoms with van der Waals surface area (Å²) in [6.45, 7) is 10.5. The number of benzene rings is 1. The van der Waals surface area contributed by atoms with Crippen molar-refractivity contribution in [3.05, 3.63) is 59.4 Å². The van der Waals surface area contributed by atoms with Crippen molar-refractivity contribution in [1.29, 1.82) is 0 Å². The normalized spacial score (nSPS) is 16.6. The molecule has 0 saturated carbocycles. The molecular weight excluding hydrogens is 374 g/mol. The molecule has 0 spiro atoms. The van der Waals surface area contributed by atoms with E-state index >= 15 is 0 Å². The Morgan fingerprint density at radius 1 is 0.967 bits per heavy atom. The van der Waals surface area contributed by atoms with E-state index in [0.717, 1.165) is 63.9 Å². The molecule has 1 aromatic carbocycles. The van der Waals surface area contributed by atoms with Gasteiger partial charge in [-0.2, -0.15) is 5.10 Å². The van der Waals surface area contributed by atoms with E-state index in [-0.39, 0.29) is 0 Å². The van der Waals surface area contributed by atoms with Crippen LogP contribution in [0.1, 0.15) is 23.2 Å². The molecule has 2 aliphatic rings. The largest absolute Gasteiger partial charge is 0.378 e. The first-order valence-electron chi connectivity index (χ1n) is 10.9. The van der Waals surface area contributed by atoms with Gasteiger partial charge in [0, 0.05) is 44.5 Å². The Bertz CT molecular complexity index is 1040. The Morgan fingerprint density at radius 2 is 1.80 bits per heavy atom. The Morgan fingerprint density at radius 3 is 2.63 bits per heavy atom. The molecule has 2 aliphatic heterocycles. The van der Waals surface area contributed by atoms with E-state index < -0.39 is 0 Å². The third-order valence-corrected chi connectivity index (χ3v) is 6.19. The highest BCUT2D eigenvalue weighted by Gasteiger charge is 2.28. The van der Waals surface area contributed by atoms with Crippen LogP contribution in [-0.2, 0) is 17.8 Å². The number of hydrogen-bond acceptors (Lipinski definition) is 5. The first-order valence-corrected chi connectivity index (χ1v) is 10.9. The fourth-order valence-electron chi connectivity index (χ4n) is 4.65. The second kappa shape index (κ2) is 8.11. The number of pyridine rings is 1. The highest BCUT2D eigenvalue weighted by atomic mass is 16.5. The lowest BCUT2D eigenvalue weighted by Crippen LogP contribution is -2.37. The van der Waals surface area contributed by atoms with E-state index in [9.17, 15) is 0 Å². The molecular formula is C24H29N5O. The van der Waals surface area contributed by atoms with Gasteiger partial charge in [0.25, 0.3) is 0 Å². The Balaban J connectivity index is 1.59. The zero-order valence-electron chi connectivity index (χ0n) is 17.8. The average Bonchev–Trinajstić information content (AvgIpc) is 3.12. The van der Waals surface area contributed by atoms with Crippen molar-refractivity contribution < 1.29 is 4.74 Å². The van der Waals surface area contributed by atoms with Gasteiger partial charge in [-0.15, -0.1) is 0 Å². The van der Waals surface area contributed by atoms with Crippen LogP contribution in [0.15, 0.2) is 42.6 Å². The molecule has 1 fully saturated rings. The number of aromatic nitrogens is 3. The standard InChI is InChI=1S/C24H29N5O/c1-18-7-3-4-8-20(18)17-28-11-6-12-29-24(28)22(19(2)26-29)21-9-5-10-25-23(21)27-13-15-30-16-14-27/h3-5,7-10H,6,11-17H2,1-2H3. The van der Waals surface area contributed by atoms with Gasteiger partial charge in [-0.05, 0) is 43.5 Å². The molecule has 0 N–H and O–H groups in total. The van der Waals surface area contributed by atoms with Crippen LogP contribution >= 0.6 is 0 Å². The SMILES string of the molecule is Cc1ccccc1CN1CCCn2nc(C)c(-c3cccnc3N3CCOCC3)c21. The molecule has 1 saturated heterocycles. The summed E-state index contributed by atoms with van der Waals surface area (Å²) < 4.78 is 7.76. The highest BCUT2D eigenvalue weighted by Crippen LogP contribution is 2.40. The van der Waals surface area contributed by atoms with Crippen molar-refractivity contribution in [3.63, 3.8) is 0 Å². The second-order valence-corrected chi connectivity index (χ2v) is 8.18. The van der Waals surface area contributed by atoms with Crippen molar-refractivity contribution in [2.45, 2.75) is 33.4 Å². The monoisotopic (exact) mass is 403 g/mol. The first-order chi connectivity index (χ1) is 14.7. The van der Waals surface area contributed by atoms with Crippen LogP contribution in [-0.4, -0.2) is 47.6 Å². The minimum atomic E-state index is 0.751. The van der Waals surface area contributed by atoms with Gasteiger partial charge >= 0.3 is 0 Å². The third kappa shape index (κ3) is 3.45. The fraction of sp³-hybridized carbons (Fsp3) is 0.417. The molecule has 5 rings (SSSR count). The topological polar surface area (TPSA) is 46.4 Å². The lowest BCUT2D eigenvalue weighted by atomic mass is 10.0. The van der Waals surface area contributed by atoms with Crippen LogP contribution < -0.4 is 9.80 Å². The summed E-state index contributed by atoms with van der Waals surface area (Å²) in [5.41, 5.74) is 6.18. The number of ether oxygens (including phenoxy) is 1. The molecule has 0 atom stereocenters. The lowest BCUT2D eigenvalue weighted by Gasteiger charge is -2.33. The summed E-state index contributed by atoms with van der Waals surface area (Å²) in [5.74, 6) is 2.27. The van der Waals surface area contributed by atoms with E-state index in [2.05, 4.69) is 58.7 Å². The highest BCUT2D eigenvalue weighted by molar-refractivity contribution is 5.86. The number of nitrogens with zero attached hydrogens (tertiary/aromatic N) is 5. The molecule has 3 aromatic rings. The number of hydrogen-bond donors (Lipinski definition) is 0. The van der Waals surface area contributed by atoms with Crippen LogP contribution in [0.2, 0.25) is 0 Å². The summed E-state index contributed by atoms with van der Waals surface area (Å²) >= 11 is 0. The summed E-state index contributed by atoms with van der Waals surface area (Å²) in [4.78, 5) is 9.63. The van der Waals surface area contributed by atoms with Crippen LogP contribution in [0.3, 0.4) is 0 Å².